The predicted molar refractivity (Wildman–Crippen MR) is 66.7 cm³/mol. The predicted octanol–water partition coefficient (Wildman–Crippen LogP) is 1.31. The van der Waals surface area contributed by atoms with Gasteiger partial charge in [-0.15, -0.1) is 0 Å². The van der Waals surface area contributed by atoms with Gasteiger partial charge in [0.2, 0.25) is 0 Å². The minimum Gasteiger partial charge on any atom is -0.398 e. The third kappa shape index (κ3) is 2.46. The molecule has 4 nitrogen and oxygen atoms in total. The number of nitrogens with zero attached hydrogens (tertiary/aromatic N) is 1. The lowest BCUT2D eigenvalue weighted by Crippen LogP contribution is -2.42. The topological polar surface area (TPSA) is 66.6 Å². The Balaban J connectivity index is 2.23. The Kier molecular flexibility index (Phi) is 3.52. The molecule has 1 heterocycles. The highest BCUT2D eigenvalue weighted by atomic mass is 19.1. The lowest BCUT2D eigenvalue weighted by Gasteiger charge is -2.30. The number of halogens is 1. The molecule has 1 saturated heterocycles. The molecule has 1 amide bonds. The van der Waals surface area contributed by atoms with Crippen LogP contribution in [-0.2, 0) is 0 Å². The number of carbonyl (C=O) groups is 1. The number of benzene rings is 1. The summed E-state index contributed by atoms with van der Waals surface area (Å²) in [6, 6.07) is 2.69. The van der Waals surface area contributed by atoms with E-state index in [9.17, 15) is 14.3 Å². The fourth-order valence-corrected chi connectivity index (χ4v) is 2.15. The second kappa shape index (κ2) is 4.94. The highest BCUT2D eigenvalue weighted by Gasteiger charge is 2.23. The molecule has 0 saturated carbocycles. The molecule has 1 unspecified atom stereocenters. The first kappa shape index (κ1) is 12.8. The molecule has 18 heavy (non-hydrogen) atoms. The van der Waals surface area contributed by atoms with E-state index in [4.69, 9.17) is 5.73 Å². The number of aliphatic hydroxyl groups is 1. The van der Waals surface area contributed by atoms with Gasteiger partial charge in [-0.3, -0.25) is 4.79 Å². The molecule has 0 bridgehead atoms. The zero-order valence-electron chi connectivity index (χ0n) is 10.3. The van der Waals surface area contributed by atoms with Crippen molar-refractivity contribution in [2.45, 2.75) is 25.9 Å². The number of nitrogen functional groups attached to an aromatic ring is 1. The Morgan fingerprint density at radius 1 is 1.56 bits per heavy atom. The number of rotatable bonds is 1. The third-order valence-corrected chi connectivity index (χ3v) is 3.32. The zero-order chi connectivity index (χ0) is 13.3. The van der Waals surface area contributed by atoms with Gasteiger partial charge in [-0.25, -0.2) is 4.39 Å². The van der Waals surface area contributed by atoms with Gasteiger partial charge in [0.15, 0.2) is 0 Å². The second-order valence-corrected chi connectivity index (χ2v) is 4.72. The van der Waals surface area contributed by atoms with Crippen molar-refractivity contribution < 1.29 is 14.3 Å². The van der Waals surface area contributed by atoms with Gasteiger partial charge < -0.3 is 15.7 Å². The van der Waals surface area contributed by atoms with Crippen molar-refractivity contribution in [2.24, 2.45) is 0 Å². The Morgan fingerprint density at radius 2 is 2.28 bits per heavy atom. The first-order chi connectivity index (χ1) is 8.49. The fraction of sp³-hybridized carbons (Fsp3) is 0.462. The van der Waals surface area contributed by atoms with Crippen molar-refractivity contribution in [2.75, 3.05) is 18.8 Å². The SMILES string of the molecule is Cc1c(N)cc(C(=O)N2CCCC(O)C2)cc1F. The number of amides is 1. The number of carbonyl (C=O) groups excluding carboxylic acids is 1. The molecule has 2 rings (SSSR count). The molecule has 1 aliphatic rings. The Morgan fingerprint density at radius 3 is 2.89 bits per heavy atom. The maximum Gasteiger partial charge on any atom is 0.254 e. The van der Waals surface area contributed by atoms with Crippen LogP contribution < -0.4 is 5.73 Å². The number of hydrogen-bond acceptors (Lipinski definition) is 3. The van der Waals surface area contributed by atoms with E-state index in [2.05, 4.69) is 0 Å². The number of β-amino-alcohol motifs (C(OH)–C–C–N with tert-alkyl or cyclic N) is 1. The molecular weight excluding hydrogens is 235 g/mol. The molecule has 1 atom stereocenters. The van der Waals surface area contributed by atoms with Crippen molar-refractivity contribution in [3.8, 4) is 0 Å². The van der Waals surface area contributed by atoms with E-state index >= 15 is 0 Å². The molecule has 1 aromatic carbocycles. The molecular formula is C13H17FN2O2. The van der Waals surface area contributed by atoms with E-state index in [0.29, 0.717) is 25.1 Å². The first-order valence-electron chi connectivity index (χ1n) is 6.02. The Hall–Kier alpha value is -1.62. The molecule has 0 spiro atoms. The molecule has 0 radical (unpaired) electrons. The largest absolute Gasteiger partial charge is 0.398 e. The summed E-state index contributed by atoms with van der Waals surface area (Å²) in [5.41, 5.74) is 6.52. The van der Waals surface area contributed by atoms with Crippen LogP contribution in [0, 0.1) is 12.7 Å². The summed E-state index contributed by atoms with van der Waals surface area (Å²) in [6.45, 7) is 2.46. The standard InChI is InChI=1S/C13H17FN2O2/c1-8-11(14)5-9(6-12(8)15)13(18)16-4-2-3-10(17)7-16/h5-6,10,17H,2-4,7,15H2,1H3. The first-order valence-corrected chi connectivity index (χ1v) is 6.02. The molecule has 0 aliphatic carbocycles. The van der Waals surface area contributed by atoms with E-state index < -0.39 is 11.9 Å². The van der Waals surface area contributed by atoms with Gasteiger partial charge in [-0.2, -0.15) is 0 Å². The van der Waals surface area contributed by atoms with Gasteiger partial charge in [-0.1, -0.05) is 0 Å². The third-order valence-electron chi connectivity index (χ3n) is 3.32. The van der Waals surface area contributed by atoms with Gasteiger partial charge in [0.25, 0.3) is 5.91 Å². The van der Waals surface area contributed by atoms with Crippen LogP contribution in [0.25, 0.3) is 0 Å². The van der Waals surface area contributed by atoms with Crippen molar-refractivity contribution in [1.29, 1.82) is 0 Å². The lowest BCUT2D eigenvalue weighted by molar-refractivity contribution is 0.0473. The van der Waals surface area contributed by atoms with Crippen molar-refractivity contribution in [3.63, 3.8) is 0 Å². The van der Waals surface area contributed by atoms with E-state index in [0.717, 1.165) is 6.42 Å². The van der Waals surface area contributed by atoms with Gasteiger partial charge in [0, 0.05) is 29.9 Å². The lowest BCUT2D eigenvalue weighted by atomic mass is 10.0. The van der Waals surface area contributed by atoms with Crippen molar-refractivity contribution in [1.82, 2.24) is 4.90 Å². The number of likely N-dealkylation sites (tertiary alicyclic amines) is 1. The number of aliphatic hydroxyl groups excluding tert-OH is 1. The normalized spacial score (nSPS) is 19.9. The summed E-state index contributed by atoms with van der Waals surface area (Å²) in [5, 5.41) is 9.54. The summed E-state index contributed by atoms with van der Waals surface area (Å²) < 4.78 is 13.5. The number of nitrogens with two attached hydrogens (primary N) is 1. The van der Waals surface area contributed by atoms with Crippen molar-refractivity contribution in [3.05, 3.63) is 29.1 Å². The fourth-order valence-electron chi connectivity index (χ4n) is 2.15. The van der Waals surface area contributed by atoms with Gasteiger partial charge in [-0.05, 0) is 31.9 Å². The van der Waals surface area contributed by atoms with Crippen LogP contribution in [0.15, 0.2) is 12.1 Å². The maximum absolute atomic E-state index is 13.5. The van der Waals surface area contributed by atoms with Crippen LogP contribution in [0.4, 0.5) is 10.1 Å². The van der Waals surface area contributed by atoms with Crippen LogP contribution in [0.3, 0.4) is 0 Å². The summed E-state index contributed by atoms with van der Waals surface area (Å²) in [4.78, 5) is 13.7. The smallest absolute Gasteiger partial charge is 0.254 e. The molecule has 0 aromatic heterocycles. The Labute approximate surface area is 105 Å². The quantitative estimate of drug-likeness (QED) is 0.741. The van der Waals surface area contributed by atoms with Crippen LogP contribution in [0.2, 0.25) is 0 Å². The monoisotopic (exact) mass is 252 g/mol. The van der Waals surface area contributed by atoms with Crippen LogP contribution in [0.5, 0.6) is 0 Å². The van der Waals surface area contributed by atoms with E-state index in [1.165, 1.54) is 17.0 Å². The van der Waals surface area contributed by atoms with Gasteiger partial charge in [0.05, 0.1) is 6.10 Å². The Bertz CT molecular complexity index is 453. The zero-order valence-corrected chi connectivity index (χ0v) is 10.3. The second-order valence-electron chi connectivity index (χ2n) is 4.72. The highest BCUT2D eigenvalue weighted by molar-refractivity contribution is 5.95. The molecule has 5 heteroatoms. The van der Waals surface area contributed by atoms with E-state index in [1.54, 1.807) is 6.92 Å². The van der Waals surface area contributed by atoms with Crippen LogP contribution in [0.1, 0.15) is 28.8 Å². The van der Waals surface area contributed by atoms with Gasteiger partial charge >= 0.3 is 0 Å². The summed E-state index contributed by atoms with van der Waals surface area (Å²) in [6.07, 6.45) is 0.973. The summed E-state index contributed by atoms with van der Waals surface area (Å²) in [7, 11) is 0. The van der Waals surface area contributed by atoms with Crippen LogP contribution >= 0.6 is 0 Å². The average molecular weight is 252 g/mol. The summed E-state index contributed by atoms with van der Waals surface area (Å²) in [5.74, 6) is -0.754. The molecule has 1 fully saturated rings. The molecule has 98 valence electrons. The number of hydrogen-bond donors (Lipinski definition) is 2. The van der Waals surface area contributed by atoms with E-state index in [1.807, 2.05) is 0 Å². The minimum absolute atomic E-state index is 0.240. The number of piperidine rings is 1. The summed E-state index contributed by atoms with van der Waals surface area (Å²) >= 11 is 0. The van der Waals surface area contributed by atoms with Crippen molar-refractivity contribution >= 4 is 11.6 Å². The molecule has 1 aromatic rings. The van der Waals surface area contributed by atoms with Gasteiger partial charge in [0.1, 0.15) is 5.82 Å². The average Bonchev–Trinajstić information content (AvgIpc) is 2.34. The number of anilines is 1. The molecule has 1 aliphatic heterocycles. The minimum atomic E-state index is -0.490. The van der Waals surface area contributed by atoms with E-state index in [-0.39, 0.29) is 17.2 Å². The van der Waals surface area contributed by atoms with Crippen LogP contribution in [-0.4, -0.2) is 35.1 Å². The highest BCUT2D eigenvalue weighted by Crippen LogP contribution is 2.20. The maximum atomic E-state index is 13.5. The molecule has 3 N–H and O–H groups in total.